The first-order valence-electron chi connectivity index (χ1n) is 5.82. The third-order valence-electron chi connectivity index (χ3n) is 3.77. The van der Waals surface area contributed by atoms with E-state index >= 15 is 0 Å². The molecule has 1 fully saturated rings. The van der Waals surface area contributed by atoms with Crippen LogP contribution in [-0.2, 0) is 13.5 Å². The van der Waals surface area contributed by atoms with Crippen molar-refractivity contribution in [3.8, 4) is 0 Å². The summed E-state index contributed by atoms with van der Waals surface area (Å²) in [4.78, 5) is 0. The van der Waals surface area contributed by atoms with Gasteiger partial charge in [0.2, 0.25) is 0 Å². The third-order valence-corrected chi connectivity index (χ3v) is 3.77. The van der Waals surface area contributed by atoms with Gasteiger partial charge < -0.3 is 5.73 Å². The summed E-state index contributed by atoms with van der Waals surface area (Å²) in [5.41, 5.74) is 7.58. The molecule has 0 aromatic carbocycles. The van der Waals surface area contributed by atoms with Crippen LogP contribution < -0.4 is 5.73 Å². The molecule has 2 rings (SSSR count). The van der Waals surface area contributed by atoms with E-state index in [2.05, 4.69) is 18.2 Å². The number of hydrogen-bond donors (Lipinski definition) is 1. The van der Waals surface area contributed by atoms with E-state index in [0.29, 0.717) is 5.41 Å². The highest BCUT2D eigenvalue weighted by Gasteiger charge is 2.39. The number of nitrogens with zero attached hydrogens (tertiary/aromatic N) is 2. The van der Waals surface area contributed by atoms with Crippen molar-refractivity contribution in [3.63, 3.8) is 0 Å². The molecule has 0 aliphatic heterocycles. The number of rotatable bonds is 5. The Balaban J connectivity index is 1.91. The van der Waals surface area contributed by atoms with Gasteiger partial charge in [-0.15, -0.1) is 0 Å². The number of aryl methyl sites for hydroxylation is 2. The number of aromatic nitrogens is 2. The van der Waals surface area contributed by atoms with Crippen LogP contribution in [0.4, 0.5) is 0 Å². The summed E-state index contributed by atoms with van der Waals surface area (Å²) in [6, 6.07) is 0. The van der Waals surface area contributed by atoms with Crippen LogP contribution in [0.3, 0.4) is 0 Å². The molecule has 1 aromatic rings. The maximum atomic E-state index is 5.90. The van der Waals surface area contributed by atoms with Crippen molar-refractivity contribution in [2.45, 2.75) is 32.6 Å². The van der Waals surface area contributed by atoms with Crippen molar-refractivity contribution in [2.24, 2.45) is 24.1 Å². The summed E-state index contributed by atoms with van der Waals surface area (Å²) in [6.07, 6.45) is 9.12. The fraction of sp³-hybridized carbons (Fsp3) is 0.750. The van der Waals surface area contributed by atoms with Crippen molar-refractivity contribution in [3.05, 3.63) is 18.0 Å². The van der Waals surface area contributed by atoms with Crippen LogP contribution >= 0.6 is 0 Å². The van der Waals surface area contributed by atoms with Gasteiger partial charge in [-0.1, -0.05) is 6.92 Å². The molecular weight excluding hydrogens is 186 g/mol. The van der Waals surface area contributed by atoms with E-state index in [1.165, 1.54) is 24.8 Å². The molecule has 2 N–H and O–H groups in total. The van der Waals surface area contributed by atoms with Crippen LogP contribution in [0.25, 0.3) is 0 Å². The van der Waals surface area contributed by atoms with Crippen molar-refractivity contribution in [2.75, 3.05) is 6.54 Å². The first-order chi connectivity index (χ1) is 7.14. The second-order valence-corrected chi connectivity index (χ2v) is 5.15. The van der Waals surface area contributed by atoms with Crippen LogP contribution in [0.5, 0.6) is 0 Å². The Kier molecular flexibility index (Phi) is 2.83. The molecule has 0 bridgehead atoms. The van der Waals surface area contributed by atoms with Crippen molar-refractivity contribution in [1.29, 1.82) is 0 Å². The fourth-order valence-corrected chi connectivity index (χ4v) is 2.28. The van der Waals surface area contributed by atoms with Crippen molar-refractivity contribution in [1.82, 2.24) is 9.78 Å². The van der Waals surface area contributed by atoms with Gasteiger partial charge in [-0.25, -0.2) is 0 Å². The molecule has 84 valence electrons. The van der Waals surface area contributed by atoms with Crippen molar-refractivity contribution >= 4 is 0 Å². The van der Waals surface area contributed by atoms with Gasteiger partial charge in [0.1, 0.15) is 0 Å². The van der Waals surface area contributed by atoms with E-state index in [-0.39, 0.29) is 0 Å². The molecule has 1 aromatic heterocycles. The summed E-state index contributed by atoms with van der Waals surface area (Å²) in [7, 11) is 1.96. The average molecular weight is 207 g/mol. The predicted molar refractivity (Wildman–Crippen MR) is 61.4 cm³/mol. The van der Waals surface area contributed by atoms with Crippen LogP contribution in [0.2, 0.25) is 0 Å². The van der Waals surface area contributed by atoms with Gasteiger partial charge in [-0.05, 0) is 49.1 Å². The summed E-state index contributed by atoms with van der Waals surface area (Å²) >= 11 is 0. The molecule has 0 saturated heterocycles. The van der Waals surface area contributed by atoms with Gasteiger partial charge in [0.25, 0.3) is 0 Å². The second-order valence-electron chi connectivity index (χ2n) is 5.15. The van der Waals surface area contributed by atoms with Gasteiger partial charge >= 0.3 is 0 Å². The minimum absolute atomic E-state index is 0.357. The minimum atomic E-state index is 0.357. The van der Waals surface area contributed by atoms with Crippen LogP contribution in [-0.4, -0.2) is 16.3 Å². The highest BCUT2D eigenvalue weighted by molar-refractivity contribution is 5.05. The average Bonchev–Trinajstić information content (AvgIpc) is 3.00. The quantitative estimate of drug-likeness (QED) is 0.799. The Labute approximate surface area is 91.7 Å². The van der Waals surface area contributed by atoms with Crippen molar-refractivity contribution < 1.29 is 0 Å². The van der Waals surface area contributed by atoms with E-state index in [1.807, 2.05) is 17.9 Å². The lowest BCUT2D eigenvalue weighted by Gasteiger charge is -2.27. The maximum Gasteiger partial charge on any atom is 0.0521 e. The predicted octanol–water partition coefficient (Wildman–Crippen LogP) is 1.73. The lowest BCUT2D eigenvalue weighted by molar-refractivity contribution is 0.260. The summed E-state index contributed by atoms with van der Waals surface area (Å²) in [5, 5.41) is 4.19. The van der Waals surface area contributed by atoms with Crippen LogP contribution in [0.1, 0.15) is 31.7 Å². The molecule has 3 heteroatoms. The van der Waals surface area contributed by atoms with E-state index in [1.54, 1.807) is 0 Å². The second kappa shape index (κ2) is 3.97. The maximum absolute atomic E-state index is 5.90. The molecule has 1 atom stereocenters. The smallest absolute Gasteiger partial charge is 0.0521 e. The Morgan fingerprint density at radius 2 is 2.33 bits per heavy atom. The first kappa shape index (κ1) is 10.7. The molecule has 1 heterocycles. The first-order valence-corrected chi connectivity index (χ1v) is 5.82. The lowest BCUT2D eigenvalue weighted by atomic mass is 9.80. The fourth-order valence-electron chi connectivity index (χ4n) is 2.28. The molecule has 3 nitrogen and oxygen atoms in total. The minimum Gasteiger partial charge on any atom is -0.330 e. The number of nitrogens with two attached hydrogens (primary N) is 1. The van der Waals surface area contributed by atoms with Gasteiger partial charge in [-0.3, -0.25) is 4.68 Å². The third kappa shape index (κ3) is 2.40. The zero-order chi connectivity index (χ0) is 10.9. The topological polar surface area (TPSA) is 43.8 Å². The van der Waals surface area contributed by atoms with Gasteiger partial charge in [0, 0.05) is 13.2 Å². The summed E-state index contributed by atoms with van der Waals surface area (Å²) in [6.45, 7) is 3.15. The summed E-state index contributed by atoms with van der Waals surface area (Å²) < 4.78 is 1.87. The van der Waals surface area contributed by atoms with Gasteiger partial charge in [0.15, 0.2) is 0 Å². The largest absolute Gasteiger partial charge is 0.330 e. The molecule has 0 spiro atoms. The molecule has 15 heavy (non-hydrogen) atoms. The molecule has 1 saturated carbocycles. The zero-order valence-corrected chi connectivity index (χ0v) is 9.74. The SMILES string of the molecule is Cn1cc(CCC(C)(CN)C2CC2)cn1. The van der Waals surface area contributed by atoms with Crippen LogP contribution in [0, 0.1) is 11.3 Å². The Morgan fingerprint density at radius 3 is 2.80 bits per heavy atom. The van der Waals surface area contributed by atoms with Crippen LogP contribution in [0.15, 0.2) is 12.4 Å². The number of hydrogen-bond acceptors (Lipinski definition) is 2. The Bertz CT molecular complexity index is 327. The lowest BCUT2D eigenvalue weighted by Crippen LogP contribution is -2.30. The zero-order valence-electron chi connectivity index (χ0n) is 9.74. The highest BCUT2D eigenvalue weighted by Crippen LogP contribution is 2.47. The highest BCUT2D eigenvalue weighted by atomic mass is 15.2. The van der Waals surface area contributed by atoms with E-state index in [4.69, 9.17) is 5.73 Å². The standard InChI is InChI=1S/C12H21N3/c1-12(9-13,11-3-4-11)6-5-10-7-14-15(2)8-10/h7-8,11H,3-6,9,13H2,1-2H3. The molecule has 1 aliphatic rings. The van der Waals surface area contributed by atoms with Gasteiger partial charge in [0.05, 0.1) is 6.20 Å². The monoisotopic (exact) mass is 207 g/mol. The molecule has 0 radical (unpaired) electrons. The Morgan fingerprint density at radius 1 is 1.60 bits per heavy atom. The molecule has 1 unspecified atom stereocenters. The van der Waals surface area contributed by atoms with Gasteiger partial charge in [-0.2, -0.15) is 5.10 Å². The van der Waals surface area contributed by atoms with E-state index < -0.39 is 0 Å². The molecular formula is C12H21N3. The normalized spacial score (nSPS) is 20.2. The Hall–Kier alpha value is -0.830. The summed E-state index contributed by atoms with van der Waals surface area (Å²) in [5.74, 6) is 0.874. The van der Waals surface area contributed by atoms with E-state index in [0.717, 1.165) is 18.9 Å². The molecule has 0 amide bonds. The molecule has 1 aliphatic carbocycles. The van der Waals surface area contributed by atoms with E-state index in [9.17, 15) is 0 Å².